The second-order valence-electron chi connectivity index (χ2n) is 17.0. The van der Waals surface area contributed by atoms with Crippen LogP contribution >= 0.6 is 0 Å². The van der Waals surface area contributed by atoms with Gasteiger partial charge in [-0.15, -0.1) is 0 Å². The van der Waals surface area contributed by atoms with Gasteiger partial charge in [0.05, 0.1) is 30.5 Å². The molecule has 0 aromatic rings. The van der Waals surface area contributed by atoms with E-state index >= 15 is 0 Å². The van der Waals surface area contributed by atoms with Gasteiger partial charge in [0.1, 0.15) is 30.1 Å². The first-order chi connectivity index (χ1) is 26.1. The van der Waals surface area contributed by atoms with Crippen molar-refractivity contribution < 1.29 is 53.1 Å². The Labute approximate surface area is 328 Å². The predicted molar refractivity (Wildman–Crippen MR) is 207 cm³/mol. The number of aliphatic hydroxyl groups excluding tert-OH is 2. The van der Waals surface area contributed by atoms with Gasteiger partial charge in [-0.05, 0) is 101 Å². The molecule has 3 heterocycles. The molecule has 2 saturated heterocycles. The fourth-order valence-corrected chi connectivity index (χ4v) is 9.40. The summed E-state index contributed by atoms with van der Waals surface area (Å²) in [6.45, 7) is 11.8. The number of fused-ring (bicyclic) bond motifs is 3. The molecule has 55 heavy (non-hydrogen) atoms. The third kappa shape index (κ3) is 11.3. The summed E-state index contributed by atoms with van der Waals surface area (Å²) in [7, 11) is 4.80. The van der Waals surface area contributed by atoms with E-state index in [0.29, 0.717) is 69.8 Å². The number of nitrogens with zero attached hydrogens (tertiary/aromatic N) is 1. The third-order valence-corrected chi connectivity index (χ3v) is 12.7. The second-order valence-corrected chi connectivity index (χ2v) is 17.0. The zero-order chi connectivity index (χ0) is 40.6. The molecule has 3 aliphatic heterocycles. The van der Waals surface area contributed by atoms with Crippen molar-refractivity contribution in [2.24, 2.45) is 29.6 Å². The van der Waals surface area contributed by atoms with E-state index in [1.807, 2.05) is 39.8 Å². The minimum Gasteiger partial charge on any atom is -0.456 e. The van der Waals surface area contributed by atoms with Crippen molar-refractivity contribution in [1.29, 1.82) is 0 Å². The molecule has 12 heteroatoms. The van der Waals surface area contributed by atoms with Crippen LogP contribution in [-0.2, 0) is 42.9 Å². The molecule has 14 atom stereocenters. The number of aliphatic hydroxyl groups is 2. The fourth-order valence-electron chi connectivity index (χ4n) is 9.40. The highest BCUT2D eigenvalue weighted by Gasteiger charge is 2.48. The normalized spacial score (nSPS) is 39.8. The number of Topliss-reactive ketones (excluding diaryl/α,β-unsaturated/α-hetero) is 2. The van der Waals surface area contributed by atoms with Crippen LogP contribution in [-0.4, -0.2) is 121 Å². The van der Waals surface area contributed by atoms with Crippen LogP contribution in [0.5, 0.6) is 0 Å². The Bertz CT molecular complexity index is 1380. The highest BCUT2D eigenvalue weighted by Crippen LogP contribution is 2.35. The number of piperidine rings is 1. The van der Waals surface area contributed by atoms with Crippen LogP contribution in [0.25, 0.3) is 0 Å². The van der Waals surface area contributed by atoms with E-state index in [4.69, 9.17) is 23.7 Å². The molecule has 2 N–H and O–H groups in total. The Kier molecular flexibility index (Phi) is 17.1. The number of amides is 1. The van der Waals surface area contributed by atoms with E-state index in [2.05, 4.69) is 6.92 Å². The number of ether oxygens (including phenoxy) is 5. The largest absolute Gasteiger partial charge is 0.456 e. The summed E-state index contributed by atoms with van der Waals surface area (Å²) in [5.74, 6) is -3.45. The van der Waals surface area contributed by atoms with E-state index in [1.54, 1.807) is 28.3 Å². The summed E-state index contributed by atoms with van der Waals surface area (Å²) in [6.07, 6.45) is 4.38. The summed E-state index contributed by atoms with van der Waals surface area (Å²) in [5, 5.41) is 22.1. The van der Waals surface area contributed by atoms with Crippen molar-refractivity contribution in [3.8, 4) is 0 Å². The zero-order valence-corrected chi connectivity index (χ0v) is 34.7. The molecule has 0 aromatic heterocycles. The highest BCUT2D eigenvalue weighted by molar-refractivity contribution is 6.38. The lowest BCUT2D eigenvalue weighted by Crippen LogP contribution is -2.58. The monoisotopic (exact) mass is 775 g/mol. The number of carbonyl (C=O) groups is 4. The minimum atomic E-state index is -1.12. The van der Waals surface area contributed by atoms with Gasteiger partial charge in [0.2, 0.25) is 5.78 Å². The number of methoxy groups -OCH3 is 3. The smallest absolute Gasteiger partial charge is 0.329 e. The van der Waals surface area contributed by atoms with Crippen LogP contribution in [0.3, 0.4) is 0 Å². The fraction of sp³-hybridized carbons (Fsp3) is 0.814. The molecule has 1 aliphatic carbocycles. The molecule has 1 saturated carbocycles. The van der Waals surface area contributed by atoms with E-state index < -0.39 is 72.2 Å². The Morgan fingerprint density at radius 2 is 1.56 bits per heavy atom. The van der Waals surface area contributed by atoms with Gasteiger partial charge < -0.3 is 38.8 Å². The molecule has 3 fully saturated rings. The minimum absolute atomic E-state index is 0.0326. The van der Waals surface area contributed by atoms with Crippen LogP contribution in [0, 0.1) is 29.6 Å². The number of carbonyl (C=O) groups excluding carboxylic acids is 4. The van der Waals surface area contributed by atoms with Crippen molar-refractivity contribution in [2.75, 3.05) is 27.9 Å². The predicted octanol–water partition coefficient (Wildman–Crippen LogP) is 5.15. The summed E-state index contributed by atoms with van der Waals surface area (Å²) in [5.41, 5.74) is 1.75. The van der Waals surface area contributed by atoms with Crippen molar-refractivity contribution in [1.82, 2.24) is 4.90 Å². The van der Waals surface area contributed by atoms with Gasteiger partial charge >= 0.3 is 5.97 Å². The summed E-state index contributed by atoms with van der Waals surface area (Å²) < 4.78 is 30.2. The van der Waals surface area contributed by atoms with Crippen LogP contribution in [0.1, 0.15) is 112 Å². The Morgan fingerprint density at radius 1 is 0.891 bits per heavy atom. The van der Waals surface area contributed by atoms with Crippen molar-refractivity contribution in [3.63, 3.8) is 0 Å². The quantitative estimate of drug-likeness (QED) is 0.209. The maximum atomic E-state index is 14.3. The van der Waals surface area contributed by atoms with Crippen LogP contribution in [0.2, 0.25) is 0 Å². The molecule has 12 nitrogen and oxygen atoms in total. The van der Waals surface area contributed by atoms with Crippen LogP contribution in [0.4, 0.5) is 0 Å². The number of hydrogen-bond acceptors (Lipinski definition) is 11. The first-order valence-electron chi connectivity index (χ1n) is 20.7. The van der Waals surface area contributed by atoms with Gasteiger partial charge in [-0.2, -0.15) is 0 Å². The number of cyclic esters (lactones) is 1. The summed E-state index contributed by atoms with van der Waals surface area (Å²) >= 11 is 0. The van der Waals surface area contributed by atoms with E-state index in [-0.39, 0.29) is 48.7 Å². The van der Waals surface area contributed by atoms with Gasteiger partial charge in [0, 0.05) is 46.1 Å². The number of hydrogen-bond donors (Lipinski definition) is 2. The molecule has 0 radical (unpaired) electrons. The average molecular weight is 776 g/mol. The lowest BCUT2D eigenvalue weighted by atomic mass is 9.81. The molecule has 14 unspecified atom stereocenters. The maximum absolute atomic E-state index is 14.3. The molecule has 4 rings (SSSR count). The summed E-state index contributed by atoms with van der Waals surface area (Å²) in [6, 6.07) is -1.00. The topological polar surface area (TPSA) is 158 Å². The number of rotatable bonds is 6. The standard InChI is InChI=1S/C43H69NO11/c1-10-30-18-24(2)17-25(3)19-36(52-8)41-37(53-9)21-27(5)40(54-41)38(48)42(49)44-16-12-11-13-31(44)43(50)55-39(28(6)33(46)23-34(30)47)26(4)20-29-14-15-32(45)35(22-29)51-7/h18,20,25,27-33,35-37,39-41,45-46H,10-17,19,21-23H2,1-9H3. The Balaban J connectivity index is 1.73. The zero-order valence-electron chi connectivity index (χ0n) is 34.7. The van der Waals surface area contributed by atoms with Crippen molar-refractivity contribution >= 4 is 23.4 Å². The summed E-state index contributed by atoms with van der Waals surface area (Å²) in [4.78, 5) is 57.7. The molecular weight excluding hydrogens is 706 g/mol. The SMILES string of the molecule is CCC1C=C(C)CC(C)CC(OC)C2OC(C(=O)C(=O)N3CCCCC3C(=O)OC(C(C)=CC3CCC(O)C(OC)C3)C(C)C(O)CC1=O)C(C)CC2OC. The molecule has 2 bridgehead atoms. The number of allylic oxidation sites excluding steroid dienone is 3. The van der Waals surface area contributed by atoms with Crippen LogP contribution in [0.15, 0.2) is 23.3 Å². The molecule has 312 valence electrons. The van der Waals surface area contributed by atoms with E-state index in [9.17, 15) is 29.4 Å². The van der Waals surface area contributed by atoms with Gasteiger partial charge in [-0.1, -0.05) is 45.4 Å². The maximum Gasteiger partial charge on any atom is 0.329 e. The lowest BCUT2D eigenvalue weighted by Gasteiger charge is -2.43. The van der Waals surface area contributed by atoms with Gasteiger partial charge in [-0.25, -0.2) is 4.79 Å². The van der Waals surface area contributed by atoms with E-state index in [0.717, 1.165) is 5.57 Å². The van der Waals surface area contributed by atoms with Gasteiger partial charge in [0.15, 0.2) is 0 Å². The van der Waals surface area contributed by atoms with Crippen molar-refractivity contribution in [3.05, 3.63) is 23.3 Å². The van der Waals surface area contributed by atoms with Gasteiger partial charge in [-0.3, -0.25) is 14.4 Å². The molecule has 0 spiro atoms. The Hall–Kier alpha value is -2.48. The first kappa shape index (κ1) is 45.2. The van der Waals surface area contributed by atoms with Gasteiger partial charge in [0.25, 0.3) is 5.91 Å². The third-order valence-electron chi connectivity index (χ3n) is 12.7. The second kappa shape index (κ2) is 20.8. The molecule has 0 aromatic carbocycles. The molecule has 1 amide bonds. The molecular formula is C43H69NO11. The van der Waals surface area contributed by atoms with Crippen molar-refractivity contribution in [2.45, 2.75) is 167 Å². The first-order valence-corrected chi connectivity index (χ1v) is 20.7. The Morgan fingerprint density at radius 3 is 2.22 bits per heavy atom. The van der Waals surface area contributed by atoms with E-state index in [1.165, 1.54) is 4.90 Å². The average Bonchev–Trinajstić information content (AvgIpc) is 3.17. The molecule has 4 aliphatic rings. The number of ketones is 2. The van der Waals surface area contributed by atoms with Crippen LogP contribution < -0.4 is 0 Å². The lowest BCUT2D eigenvalue weighted by molar-refractivity contribution is -0.199. The highest BCUT2D eigenvalue weighted by atomic mass is 16.6. The number of esters is 1.